The van der Waals surface area contributed by atoms with Crippen molar-refractivity contribution in [1.82, 2.24) is 4.98 Å². The summed E-state index contributed by atoms with van der Waals surface area (Å²) >= 11 is 0. The molecular formula is C18H16N2O2. The van der Waals surface area contributed by atoms with E-state index in [0.717, 1.165) is 28.7 Å². The van der Waals surface area contributed by atoms with E-state index in [2.05, 4.69) is 10.3 Å². The molecule has 0 aliphatic rings. The summed E-state index contributed by atoms with van der Waals surface area (Å²) in [5.74, 6) is 0.687. The molecule has 3 aromatic rings. The van der Waals surface area contributed by atoms with Crippen LogP contribution in [0.5, 0.6) is 0 Å². The van der Waals surface area contributed by atoms with Gasteiger partial charge >= 0.3 is 0 Å². The zero-order valence-corrected chi connectivity index (χ0v) is 12.2. The molecule has 4 nitrogen and oxygen atoms in total. The number of nitrogens with one attached hydrogen (secondary N) is 1. The number of furan rings is 1. The largest absolute Gasteiger partial charge is 0.460 e. The molecule has 0 saturated carbocycles. The van der Waals surface area contributed by atoms with Crippen LogP contribution >= 0.6 is 0 Å². The van der Waals surface area contributed by atoms with Gasteiger partial charge in [-0.1, -0.05) is 25.1 Å². The van der Waals surface area contributed by atoms with Crippen LogP contribution in [-0.2, 0) is 11.2 Å². The maximum atomic E-state index is 12.0. The minimum atomic E-state index is -0.194. The van der Waals surface area contributed by atoms with Crippen LogP contribution in [0.15, 0.2) is 59.3 Å². The lowest BCUT2D eigenvalue weighted by Crippen LogP contribution is -2.07. The van der Waals surface area contributed by atoms with E-state index in [0.29, 0.717) is 5.69 Å². The van der Waals surface area contributed by atoms with Gasteiger partial charge in [-0.15, -0.1) is 0 Å². The number of hydrogen-bond donors (Lipinski definition) is 1. The second-order valence-corrected chi connectivity index (χ2v) is 4.85. The molecule has 1 N–H and O–H groups in total. The van der Waals surface area contributed by atoms with Crippen LogP contribution < -0.4 is 5.32 Å². The van der Waals surface area contributed by atoms with Gasteiger partial charge in [0.15, 0.2) is 0 Å². The number of fused-ring (bicyclic) bond motifs is 1. The van der Waals surface area contributed by atoms with Crippen LogP contribution in [0.4, 0.5) is 5.69 Å². The molecule has 0 atom stereocenters. The molecule has 3 rings (SSSR count). The minimum absolute atomic E-state index is 0.194. The van der Waals surface area contributed by atoms with Gasteiger partial charge in [-0.25, -0.2) is 0 Å². The number of aromatic nitrogens is 1. The maximum absolute atomic E-state index is 12.0. The second-order valence-electron chi connectivity index (χ2n) is 4.85. The molecule has 110 valence electrons. The number of aryl methyl sites for hydroxylation is 1. The Morgan fingerprint density at radius 3 is 2.91 bits per heavy atom. The Morgan fingerprint density at radius 2 is 2.14 bits per heavy atom. The number of carbonyl (C=O) groups excluding carboxylic acids is 1. The summed E-state index contributed by atoms with van der Waals surface area (Å²) in [6, 6.07) is 11.4. The molecule has 0 aliphatic carbocycles. The number of rotatable bonds is 4. The number of anilines is 1. The highest BCUT2D eigenvalue weighted by Gasteiger charge is 2.10. The first-order chi connectivity index (χ1) is 10.8. The van der Waals surface area contributed by atoms with Crippen LogP contribution in [0.1, 0.15) is 18.2 Å². The molecule has 0 saturated heterocycles. The average molecular weight is 292 g/mol. The predicted octanol–water partition coefficient (Wildman–Crippen LogP) is 4.04. The highest BCUT2D eigenvalue weighted by molar-refractivity contribution is 6.03. The lowest BCUT2D eigenvalue weighted by atomic mass is 10.1. The van der Waals surface area contributed by atoms with Crippen molar-refractivity contribution < 1.29 is 9.21 Å². The molecule has 1 aromatic carbocycles. The maximum Gasteiger partial charge on any atom is 0.248 e. The van der Waals surface area contributed by atoms with E-state index in [1.54, 1.807) is 30.6 Å². The average Bonchev–Trinajstić information content (AvgIpc) is 2.91. The van der Waals surface area contributed by atoms with Crippen molar-refractivity contribution in [2.24, 2.45) is 0 Å². The van der Waals surface area contributed by atoms with Gasteiger partial charge in [0.1, 0.15) is 11.3 Å². The fraction of sp³-hybridized carbons (Fsp3) is 0.111. The molecule has 2 heterocycles. The molecule has 0 fully saturated rings. The summed E-state index contributed by atoms with van der Waals surface area (Å²) in [6.45, 7) is 2.03. The van der Waals surface area contributed by atoms with Gasteiger partial charge in [0.2, 0.25) is 5.91 Å². The highest BCUT2D eigenvalue weighted by Crippen LogP contribution is 2.27. The Morgan fingerprint density at radius 1 is 1.27 bits per heavy atom. The number of para-hydroxylation sites is 1. The summed E-state index contributed by atoms with van der Waals surface area (Å²) < 4.78 is 5.81. The lowest BCUT2D eigenvalue weighted by Gasteiger charge is -2.00. The molecule has 0 bridgehead atoms. The van der Waals surface area contributed by atoms with E-state index < -0.39 is 0 Å². The molecule has 0 aliphatic heterocycles. The van der Waals surface area contributed by atoms with Crippen molar-refractivity contribution in [3.63, 3.8) is 0 Å². The smallest absolute Gasteiger partial charge is 0.248 e. The fourth-order valence-corrected chi connectivity index (χ4v) is 2.34. The monoisotopic (exact) mass is 292 g/mol. The summed E-state index contributed by atoms with van der Waals surface area (Å²) in [5.41, 5.74) is 2.47. The first-order valence-electron chi connectivity index (χ1n) is 7.17. The Balaban J connectivity index is 1.84. The topological polar surface area (TPSA) is 55.1 Å². The van der Waals surface area contributed by atoms with Gasteiger partial charge in [-0.2, -0.15) is 0 Å². The van der Waals surface area contributed by atoms with E-state index in [1.807, 2.05) is 31.2 Å². The van der Waals surface area contributed by atoms with Crippen molar-refractivity contribution in [3.8, 4) is 0 Å². The highest BCUT2D eigenvalue weighted by atomic mass is 16.3. The van der Waals surface area contributed by atoms with Crippen LogP contribution in [0.3, 0.4) is 0 Å². The second kappa shape index (κ2) is 6.26. The van der Waals surface area contributed by atoms with Crippen molar-refractivity contribution in [1.29, 1.82) is 0 Å². The van der Waals surface area contributed by atoms with E-state index in [1.165, 1.54) is 6.08 Å². The van der Waals surface area contributed by atoms with Crippen molar-refractivity contribution >= 4 is 28.6 Å². The van der Waals surface area contributed by atoms with Gasteiger partial charge in [0.05, 0.1) is 11.9 Å². The number of amides is 1. The van der Waals surface area contributed by atoms with E-state index in [9.17, 15) is 4.79 Å². The van der Waals surface area contributed by atoms with Gasteiger partial charge in [-0.05, 0) is 24.3 Å². The molecule has 1 amide bonds. The van der Waals surface area contributed by atoms with Crippen LogP contribution in [0, 0.1) is 0 Å². The Kier molecular flexibility index (Phi) is 4.01. The third-order valence-electron chi connectivity index (χ3n) is 3.36. The molecule has 4 heteroatoms. The van der Waals surface area contributed by atoms with Crippen molar-refractivity contribution in [2.75, 3.05) is 5.32 Å². The quantitative estimate of drug-likeness (QED) is 0.738. The first-order valence-corrected chi connectivity index (χ1v) is 7.17. The zero-order valence-electron chi connectivity index (χ0n) is 12.2. The standard InChI is InChI=1S/C18H16N2O2/c1-2-16-15(14-7-3-4-8-17(14)22-16)9-10-18(21)20-13-6-5-11-19-12-13/h3-12H,2H2,1H3,(H,20,21). The number of benzene rings is 1. The Bertz CT molecular complexity index is 819. The van der Waals surface area contributed by atoms with Crippen LogP contribution in [-0.4, -0.2) is 10.9 Å². The number of hydrogen-bond acceptors (Lipinski definition) is 3. The third-order valence-corrected chi connectivity index (χ3v) is 3.36. The molecule has 22 heavy (non-hydrogen) atoms. The van der Waals surface area contributed by atoms with Gasteiger partial charge in [0.25, 0.3) is 0 Å². The van der Waals surface area contributed by atoms with Gasteiger partial charge < -0.3 is 9.73 Å². The third kappa shape index (κ3) is 2.91. The lowest BCUT2D eigenvalue weighted by molar-refractivity contribution is -0.111. The van der Waals surface area contributed by atoms with Crippen LogP contribution in [0.25, 0.3) is 17.0 Å². The summed E-state index contributed by atoms with van der Waals surface area (Å²) in [5, 5.41) is 3.79. The molecular weight excluding hydrogens is 276 g/mol. The molecule has 2 aromatic heterocycles. The molecule has 0 radical (unpaired) electrons. The summed E-state index contributed by atoms with van der Waals surface area (Å²) in [6.07, 6.45) is 7.37. The first kappa shape index (κ1) is 14.1. The van der Waals surface area contributed by atoms with E-state index >= 15 is 0 Å². The number of pyridine rings is 1. The number of carbonyl (C=O) groups is 1. The van der Waals surface area contributed by atoms with Gasteiger partial charge in [-0.3, -0.25) is 9.78 Å². The SMILES string of the molecule is CCc1oc2ccccc2c1C=CC(=O)Nc1cccnc1. The molecule has 0 unspecified atom stereocenters. The predicted molar refractivity (Wildman–Crippen MR) is 87.5 cm³/mol. The fourth-order valence-electron chi connectivity index (χ4n) is 2.34. The van der Waals surface area contributed by atoms with E-state index in [-0.39, 0.29) is 5.91 Å². The summed E-state index contributed by atoms with van der Waals surface area (Å²) in [4.78, 5) is 15.9. The Labute approximate surface area is 128 Å². The van der Waals surface area contributed by atoms with Gasteiger partial charge in [0, 0.05) is 29.6 Å². The van der Waals surface area contributed by atoms with Crippen LogP contribution in [0.2, 0.25) is 0 Å². The van der Waals surface area contributed by atoms with Crippen molar-refractivity contribution in [2.45, 2.75) is 13.3 Å². The zero-order chi connectivity index (χ0) is 15.4. The molecule has 0 spiro atoms. The summed E-state index contributed by atoms with van der Waals surface area (Å²) in [7, 11) is 0. The Hall–Kier alpha value is -2.88. The minimum Gasteiger partial charge on any atom is -0.460 e. The normalized spacial score (nSPS) is 11.1. The number of nitrogens with zero attached hydrogens (tertiary/aromatic N) is 1. The van der Waals surface area contributed by atoms with Crippen molar-refractivity contribution in [3.05, 3.63) is 66.2 Å². The van der Waals surface area contributed by atoms with E-state index in [4.69, 9.17) is 4.42 Å².